The number of para-hydroxylation sites is 1. The van der Waals surface area contributed by atoms with Crippen molar-refractivity contribution in [3.63, 3.8) is 0 Å². The highest BCUT2D eigenvalue weighted by molar-refractivity contribution is 7.90. The number of aromatic nitrogens is 3. The number of sulfone groups is 1. The Balaban J connectivity index is 1.81. The van der Waals surface area contributed by atoms with Crippen LogP contribution in [-0.4, -0.2) is 36.9 Å². The second kappa shape index (κ2) is 8.80. The van der Waals surface area contributed by atoms with Gasteiger partial charge in [0.15, 0.2) is 21.5 Å². The molecule has 0 bridgehead atoms. The summed E-state index contributed by atoms with van der Waals surface area (Å²) >= 11 is 0. The maximum Gasteiger partial charge on any atom is 0.167 e. The number of aryl methyl sites for hydroxylation is 1. The molecule has 3 aromatic rings. The van der Waals surface area contributed by atoms with Gasteiger partial charge in [0.25, 0.3) is 0 Å². The van der Waals surface area contributed by atoms with Gasteiger partial charge in [0, 0.05) is 6.61 Å². The van der Waals surface area contributed by atoms with Gasteiger partial charge >= 0.3 is 0 Å². The number of ether oxygens (including phenoxy) is 2. The second-order valence-corrected chi connectivity index (χ2v) is 10.1. The zero-order valence-corrected chi connectivity index (χ0v) is 18.8. The Morgan fingerprint density at radius 3 is 2.61 bits per heavy atom. The number of nitrogens with zero attached hydrogens (tertiary/aromatic N) is 3. The largest absolute Gasteiger partial charge is 0.495 e. The van der Waals surface area contributed by atoms with E-state index in [1.807, 2.05) is 60.0 Å². The zero-order chi connectivity index (χ0) is 22.0. The lowest BCUT2D eigenvalue weighted by molar-refractivity contribution is 0.103. The van der Waals surface area contributed by atoms with E-state index in [0.717, 1.165) is 29.7 Å². The summed E-state index contributed by atoms with van der Waals surface area (Å²) in [6, 6.07) is 14.9. The third-order valence-electron chi connectivity index (χ3n) is 5.75. The summed E-state index contributed by atoms with van der Waals surface area (Å²) < 4.78 is 39.9. The minimum Gasteiger partial charge on any atom is -0.495 e. The Hall–Kier alpha value is -2.71. The molecule has 8 heteroatoms. The molecule has 2 atom stereocenters. The first-order valence-corrected chi connectivity index (χ1v) is 12.1. The quantitative estimate of drug-likeness (QED) is 0.549. The van der Waals surface area contributed by atoms with Gasteiger partial charge in [-0.1, -0.05) is 42.5 Å². The fourth-order valence-corrected chi connectivity index (χ4v) is 5.35. The van der Waals surface area contributed by atoms with Gasteiger partial charge in [-0.15, -0.1) is 10.2 Å². The highest BCUT2D eigenvalue weighted by Crippen LogP contribution is 2.35. The van der Waals surface area contributed by atoms with Crippen molar-refractivity contribution < 1.29 is 17.9 Å². The van der Waals surface area contributed by atoms with Crippen molar-refractivity contribution in [2.75, 3.05) is 13.7 Å². The van der Waals surface area contributed by atoms with Gasteiger partial charge in [0.05, 0.1) is 18.0 Å². The molecule has 2 heterocycles. The third kappa shape index (κ3) is 4.22. The fraction of sp³-hybridized carbons (Fsp3) is 0.391. The van der Waals surface area contributed by atoms with Gasteiger partial charge in [-0.25, -0.2) is 8.42 Å². The maximum absolute atomic E-state index is 13.3. The first kappa shape index (κ1) is 21.5. The molecule has 2 aromatic carbocycles. The van der Waals surface area contributed by atoms with Crippen molar-refractivity contribution in [3.05, 3.63) is 71.3 Å². The standard InChI is InChI=1S/C23H27N3O4S/c1-16-9-7-12-19(29-3)22(16)26-21(24-25-23(26)20-13-8-14-30-20)15-31(27,28)17(2)18-10-5-4-6-11-18/h4-7,9-12,17,20H,8,13-15H2,1-3H3/t17-,20+/m0/s1. The average molecular weight is 442 g/mol. The molecule has 0 saturated carbocycles. The van der Waals surface area contributed by atoms with Crippen LogP contribution < -0.4 is 4.74 Å². The molecule has 1 aliphatic rings. The van der Waals surface area contributed by atoms with E-state index < -0.39 is 15.1 Å². The minimum absolute atomic E-state index is 0.222. The molecular formula is C23H27N3O4S. The molecule has 0 aliphatic carbocycles. The van der Waals surface area contributed by atoms with Crippen LogP contribution >= 0.6 is 0 Å². The average Bonchev–Trinajstić information content (AvgIpc) is 3.43. The van der Waals surface area contributed by atoms with Crippen LogP contribution in [0.2, 0.25) is 0 Å². The zero-order valence-electron chi connectivity index (χ0n) is 18.0. The van der Waals surface area contributed by atoms with Crippen molar-refractivity contribution in [1.82, 2.24) is 14.8 Å². The number of benzene rings is 2. The summed E-state index contributed by atoms with van der Waals surface area (Å²) in [5, 5.41) is 8.03. The van der Waals surface area contributed by atoms with E-state index in [0.29, 0.717) is 24.0 Å². The van der Waals surface area contributed by atoms with Crippen molar-refractivity contribution >= 4 is 9.84 Å². The molecule has 1 fully saturated rings. The van der Waals surface area contributed by atoms with Crippen LogP contribution in [0.15, 0.2) is 48.5 Å². The number of hydrogen-bond donors (Lipinski definition) is 0. The summed E-state index contributed by atoms with van der Waals surface area (Å²) in [6.45, 7) is 4.32. The van der Waals surface area contributed by atoms with Crippen molar-refractivity contribution in [3.8, 4) is 11.4 Å². The van der Waals surface area contributed by atoms with Gasteiger partial charge in [0.2, 0.25) is 0 Å². The molecule has 31 heavy (non-hydrogen) atoms. The minimum atomic E-state index is -3.54. The highest BCUT2D eigenvalue weighted by atomic mass is 32.2. The molecule has 1 aliphatic heterocycles. The summed E-state index contributed by atoms with van der Waals surface area (Å²) in [4.78, 5) is 0. The van der Waals surface area contributed by atoms with E-state index in [2.05, 4.69) is 10.2 Å². The maximum atomic E-state index is 13.3. The summed E-state index contributed by atoms with van der Waals surface area (Å²) in [6.07, 6.45) is 1.53. The molecule has 0 N–H and O–H groups in total. The van der Waals surface area contributed by atoms with Crippen molar-refractivity contribution in [2.24, 2.45) is 0 Å². The fourth-order valence-electron chi connectivity index (χ4n) is 3.98. The van der Waals surface area contributed by atoms with E-state index in [4.69, 9.17) is 9.47 Å². The number of methoxy groups -OCH3 is 1. The molecule has 0 radical (unpaired) electrons. The van der Waals surface area contributed by atoms with Gasteiger partial charge in [-0.05, 0) is 43.9 Å². The Kier molecular flexibility index (Phi) is 6.11. The Morgan fingerprint density at radius 1 is 1.16 bits per heavy atom. The van der Waals surface area contributed by atoms with Crippen LogP contribution in [0.3, 0.4) is 0 Å². The monoisotopic (exact) mass is 441 g/mol. The van der Waals surface area contributed by atoms with E-state index in [1.54, 1.807) is 14.0 Å². The lowest BCUT2D eigenvalue weighted by Gasteiger charge is -2.19. The van der Waals surface area contributed by atoms with E-state index in [1.165, 1.54) is 0 Å². The number of hydrogen-bond acceptors (Lipinski definition) is 6. The van der Waals surface area contributed by atoms with Crippen LogP contribution in [0.4, 0.5) is 0 Å². The first-order valence-electron chi connectivity index (χ1n) is 10.4. The molecule has 7 nitrogen and oxygen atoms in total. The topological polar surface area (TPSA) is 83.3 Å². The van der Waals surface area contributed by atoms with Gasteiger partial charge in [-0.2, -0.15) is 0 Å². The van der Waals surface area contributed by atoms with Crippen molar-refractivity contribution in [2.45, 2.75) is 43.8 Å². The normalized spacial score (nSPS) is 17.6. The van der Waals surface area contributed by atoms with Crippen LogP contribution in [0, 0.1) is 6.92 Å². The van der Waals surface area contributed by atoms with E-state index >= 15 is 0 Å². The Bertz CT molecular complexity index is 1150. The van der Waals surface area contributed by atoms with Gasteiger partial charge in [-0.3, -0.25) is 4.57 Å². The van der Waals surface area contributed by atoms with Crippen LogP contribution in [0.5, 0.6) is 5.75 Å². The Labute approximate surface area is 183 Å². The van der Waals surface area contributed by atoms with Crippen LogP contribution in [0.1, 0.15) is 53.9 Å². The smallest absolute Gasteiger partial charge is 0.167 e. The van der Waals surface area contributed by atoms with Crippen LogP contribution in [0.25, 0.3) is 5.69 Å². The lowest BCUT2D eigenvalue weighted by atomic mass is 10.1. The predicted molar refractivity (Wildman–Crippen MR) is 118 cm³/mol. The van der Waals surface area contributed by atoms with Crippen LogP contribution in [-0.2, 0) is 20.3 Å². The summed E-state index contributed by atoms with van der Waals surface area (Å²) in [5.41, 5.74) is 2.44. The highest BCUT2D eigenvalue weighted by Gasteiger charge is 2.31. The summed E-state index contributed by atoms with van der Waals surface area (Å²) in [7, 11) is -1.94. The molecular weight excluding hydrogens is 414 g/mol. The Morgan fingerprint density at radius 2 is 1.94 bits per heavy atom. The summed E-state index contributed by atoms with van der Waals surface area (Å²) in [5.74, 6) is 1.37. The molecule has 0 amide bonds. The molecule has 0 unspecified atom stereocenters. The van der Waals surface area contributed by atoms with E-state index in [9.17, 15) is 8.42 Å². The molecule has 1 saturated heterocycles. The number of rotatable bonds is 7. The molecule has 1 aromatic heterocycles. The van der Waals surface area contributed by atoms with E-state index in [-0.39, 0.29) is 11.9 Å². The molecule has 164 valence electrons. The molecule has 0 spiro atoms. The second-order valence-electron chi connectivity index (χ2n) is 7.80. The SMILES string of the molecule is COc1cccc(C)c1-n1c(CS(=O)(=O)[C@@H](C)c2ccccc2)nnc1[C@H]1CCCO1. The predicted octanol–water partition coefficient (Wildman–Crippen LogP) is 4.11. The first-order chi connectivity index (χ1) is 14.9. The lowest BCUT2D eigenvalue weighted by Crippen LogP contribution is -2.18. The van der Waals surface area contributed by atoms with Gasteiger partial charge in [0.1, 0.15) is 17.6 Å². The van der Waals surface area contributed by atoms with Crippen molar-refractivity contribution in [1.29, 1.82) is 0 Å². The molecule has 4 rings (SSSR count). The third-order valence-corrected chi connectivity index (χ3v) is 7.77. The van der Waals surface area contributed by atoms with Gasteiger partial charge < -0.3 is 9.47 Å².